The molecule has 0 aliphatic heterocycles. The maximum atomic E-state index is 12.8. The molecule has 0 saturated heterocycles. The number of hydrazone groups is 1. The van der Waals surface area contributed by atoms with Gasteiger partial charge >= 0.3 is 10.1 Å². The van der Waals surface area contributed by atoms with Crippen molar-refractivity contribution in [3.8, 4) is 5.75 Å². The summed E-state index contributed by atoms with van der Waals surface area (Å²) in [7, 11) is -8.34. The molecule has 0 radical (unpaired) electrons. The number of nitro benzene ring substituents is 1. The molecule has 40 heavy (non-hydrogen) atoms. The first-order chi connectivity index (χ1) is 18.8. The minimum atomic E-state index is -4.37. The Kier molecular flexibility index (Phi) is 9.74. The van der Waals surface area contributed by atoms with Crippen molar-refractivity contribution in [2.45, 2.75) is 43.0 Å². The SMILES string of the molecule is Cc1ccc(S(=O)(=O)N[C@@H](CC(C)C)C(=O)N/N=C\c2cccc(OS(=O)(=O)c3cccc([N+](=O)[O-])c3)c2)cc1. The second-order valence-corrected chi connectivity index (χ2v) is 12.5. The highest BCUT2D eigenvalue weighted by Crippen LogP contribution is 2.22. The van der Waals surface area contributed by atoms with Crippen molar-refractivity contribution in [3.63, 3.8) is 0 Å². The first kappa shape index (κ1) is 30.4. The van der Waals surface area contributed by atoms with Crippen LogP contribution < -0.4 is 14.3 Å². The molecule has 0 bridgehead atoms. The van der Waals surface area contributed by atoms with Crippen molar-refractivity contribution >= 4 is 38.0 Å². The predicted octanol–water partition coefficient (Wildman–Crippen LogP) is 3.51. The molecular formula is C26H28N4O8S2. The average Bonchev–Trinajstić information content (AvgIpc) is 2.88. The summed E-state index contributed by atoms with van der Waals surface area (Å²) in [5.41, 5.74) is 3.15. The fourth-order valence-corrected chi connectivity index (χ4v) is 5.65. The first-order valence-corrected chi connectivity index (χ1v) is 14.9. The van der Waals surface area contributed by atoms with Crippen LogP contribution >= 0.6 is 0 Å². The number of rotatable bonds is 12. The number of carbonyl (C=O) groups is 1. The summed E-state index contributed by atoms with van der Waals surface area (Å²) in [5, 5.41) is 14.8. The maximum absolute atomic E-state index is 12.8. The van der Waals surface area contributed by atoms with Crippen LogP contribution in [0.25, 0.3) is 0 Å². The summed E-state index contributed by atoms with van der Waals surface area (Å²) in [6, 6.07) is 15.3. The van der Waals surface area contributed by atoms with Gasteiger partial charge in [-0.25, -0.2) is 13.8 Å². The van der Waals surface area contributed by atoms with Gasteiger partial charge in [0, 0.05) is 12.1 Å². The Hall–Kier alpha value is -4.14. The molecule has 0 fully saturated rings. The van der Waals surface area contributed by atoms with Crippen LogP contribution in [0.5, 0.6) is 5.75 Å². The van der Waals surface area contributed by atoms with Crippen molar-refractivity contribution < 1.29 is 30.7 Å². The Bertz CT molecular complexity index is 1620. The highest BCUT2D eigenvalue weighted by atomic mass is 32.2. The van der Waals surface area contributed by atoms with E-state index in [9.17, 15) is 31.7 Å². The monoisotopic (exact) mass is 588 g/mol. The fraction of sp³-hybridized carbons (Fsp3) is 0.231. The van der Waals surface area contributed by atoms with E-state index in [1.54, 1.807) is 18.2 Å². The van der Waals surface area contributed by atoms with Crippen molar-refractivity contribution in [3.05, 3.63) is 94.0 Å². The van der Waals surface area contributed by atoms with Gasteiger partial charge in [0.1, 0.15) is 16.7 Å². The van der Waals surface area contributed by atoms with Crippen LogP contribution in [-0.2, 0) is 24.9 Å². The number of sulfonamides is 1. The fourth-order valence-electron chi connectivity index (χ4n) is 3.48. The summed E-state index contributed by atoms with van der Waals surface area (Å²) in [6.45, 7) is 5.52. The number of hydrogen-bond acceptors (Lipinski definition) is 9. The Morgan fingerprint density at radius 3 is 2.33 bits per heavy atom. The molecule has 0 spiro atoms. The first-order valence-electron chi connectivity index (χ1n) is 12.0. The van der Waals surface area contributed by atoms with Crippen LogP contribution in [-0.4, -0.2) is 39.9 Å². The molecule has 212 valence electrons. The Balaban J connectivity index is 1.70. The van der Waals surface area contributed by atoms with Crippen molar-refractivity contribution in [2.75, 3.05) is 0 Å². The van der Waals surface area contributed by atoms with E-state index in [1.807, 2.05) is 20.8 Å². The van der Waals surface area contributed by atoms with Gasteiger partial charge in [0.05, 0.1) is 16.0 Å². The summed E-state index contributed by atoms with van der Waals surface area (Å²) in [6.07, 6.45) is 1.44. The summed E-state index contributed by atoms with van der Waals surface area (Å²) in [5.74, 6) is -0.783. The molecular weight excluding hydrogens is 560 g/mol. The minimum Gasteiger partial charge on any atom is -0.379 e. The Morgan fingerprint density at radius 1 is 1.00 bits per heavy atom. The lowest BCUT2D eigenvalue weighted by Gasteiger charge is -2.19. The van der Waals surface area contributed by atoms with Crippen LogP contribution in [0.3, 0.4) is 0 Å². The van der Waals surface area contributed by atoms with Crippen LogP contribution in [0.15, 0.2) is 87.7 Å². The number of aryl methyl sites for hydroxylation is 1. The molecule has 0 aromatic heterocycles. The lowest BCUT2D eigenvalue weighted by molar-refractivity contribution is -0.385. The molecule has 2 N–H and O–H groups in total. The molecule has 0 saturated carbocycles. The highest BCUT2D eigenvalue weighted by Gasteiger charge is 2.26. The second-order valence-electron chi connectivity index (χ2n) is 9.22. The molecule has 3 aromatic carbocycles. The summed E-state index contributed by atoms with van der Waals surface area (Å²) < 4.78 is 58.4. The van der Waals surface area contributed by atoms with E-state index in [0.29, 0.717) is 5.56 Å². The molecule has 0 heterocycles. The number of nitrogens with one attached hydrogen (secondary N) is 2. The zero-order valence-corrected chi connectivity index (χ0v) is 23.5. The van der Waals surface area contributed by atoms with Crippen LogP contribution in [0.2, 0.25) is 0 Å². The Morgan fingerprint density at radius 2 is 1.68 bits per heavy atom. The van der Waals surface area contributed by atoms with E-state index in [4.69, 9.17) is 4.18 Å². The number of hydrogen-bond donors (Lipinski definition) is 2. The Labute approximate surface area is 232 Å². The smallest absolute Gasteiger partial charge is 0.339 e. The predicted molar refractivity (Wildman–Crippen MR) is 148 cm³/mol. The van der Waals surface area contributed by atoms with E-state index in [-0.39, 0.29) is 23.0 Å². The zero-order chi connectivity index (χ0) is 29.5. The van der Waals surface area contributed by atoms with E-state index in [0.717, 1.165) is 17.7 Å². The van der Waals surface area contributed by atoms with Crippen molar-refractivity contribution in [2.24, 2.45) is 11.0 Å². The van der Waals surface area contributed by atoms with Gasteiger partial charge in [0.2, 0.25) is 10.0 Å². The maximum Gasteiger partial charge on any atom is 0.339 e. The minimum absolute atomic E-state index is 0.0118. The molecule has 14 heteroatoms. The van der Waals surface area contributed by atoms with Crippen LogP contribution in [0.4, 0.5) is 5.69 Å². The van der Waals surface area contributed by atoms with Gasteiger partial charge < -0.3 is 4.18 Å². The highest BCUT2D eigenvalue weighted by molar-refractivity contribution is 7.89. The van der Waals surface area contributed by atoms with Crippen molar-refractivity contribution in [1.29, 1.82) is 0 Å². The number of nitrogens with zero attached hydrogens (tertiary/aromatic N) is 2. The third-order valence-corrected chi connectivity index (χ3v) is 8.15. The molecule has 12 nitrogen and oxygen atoms in total. The van der Waals surface area contributed by atoms with Crippen LogP contribution in [0.1, 0.15) is 31.4 Å². The van der Waals surface area contributed by atoms with Gasteiger partial charge in [-0.3, -0.25) is 14.9 Å². The number of amides is 1. The molecule has 3 rings (SSSR count). The van der Waals surface area contributed by atoms with Gasteiger partial charge in [-0.05, 0) is 55.2 Å². The zero-order valence-electron chi connectivity index (χ0n) is 21.8. The second kappa shape index (κ2) is 12.8. The quantitative estimate of drug-likeness (QED) is 0.140. The van der Waals surface area contributed by atoms with E-state index < -0.39 is 47.6 Å². The third-order valence-electron chi connectivity index (χ3n) is 5.42. The largest absolute Gasteiger partial charge is 0.379 e. The third kappa shape index (κ3) is 8.43. The lowest BCUT2D eigenvalue weighted by Crippen LogP contribution is -2.46. The molecule has 3 aromatic rings. The molecule has 0 unspecified atom stereocenters. The van der Waals surface area contributed by atoms with E-state index in [1.165, 1.54) is 48.7 Å². The van der Waals surface area contributed by atoms with Gasteiger partial charge in [0.25, 0.3) is 11.6 Å². The van der Waals surface area contributed by atoms with Gasteiger partial charge in [0.15, 0.2) is 0 Å². The van der Waals surface area contributed by atoms with Gasteiger partial charge in [-0.2, -0.15) is 18.2 Å². The van der Waals surface area contributed by atoms with Gasteiger partial charge in [-0.15, -0.1) is 0 Å². The number of carbonyl (C=O) groups excluding carboxylic acids is 1. The molecule has 0 aliphatic carbocycles. The van der Waals surface area contributed by atoms with E-state index >= 15 is 0 Å². The van der Waals surface area contributed by atoms with Gasteiger partial charge in [-0.1, -0.05) is 49.7 Å². The number of non-ortho nitro benzene ring substituents is 1. The summed E-state index contributed by atoms with van der Waals surface area (Å²) >= 11 is 0. The van der Waals surface area contributed by atoms with Crippen LogP contribution in [0, 0.1) is 23.0 Å². The lowest BCUT2D eigenvalue weighted by atomic mass is 10.0. The normalized spacial score (nSPS) is 12.8. The van der Waals surface area contributed by atoms with Crippen molar-refractivity contribution in [1.82, 2.24) is 10.1 Å². The number of benzene rings is 3. The number of nitro groups is 1. The van der Waals surface area contributed by atoms with E-state index in [2.05, 4.69) is 15.2 Å². The molecule has 1 amide bonds. The summed E-state index contributed by atoms with van der Waals surface area (Å²) in [4.78, 5) is 22.7. The molecule has 0 aliphatic rings. The molecule has 1 atom stereocenters. The average molecular weight is 589 g/mol. The topological polar surface area (TPSA) is 174 Å². The standard InChI is InChI=1S/C26H28N4O8S2/c1-18(2)14-25(29-39(34,35)23-12-10-19(3)11-13-23)26(31)28-27-17-20-6-4-8-22(15-20)38-40(36,37)24-9-5-7-21(16-24)30(32)33/h4-13,15-18,25,29H,14H2,1-3H3,(H,28,31)/b27-17-/t25-/m0/s1.